The fourth-order valence-electron chi connectivity index (χ4n) is 4.49. The maximum absolute atomic E-state index is 6.24. The molecule has 0 aliphatic carbocycles. The Labute approximate surface area is 215 Å². The monoisotopic (exact) mass is 483 g/mol. The molecule has 0 fully saturated rings. The molecular formula is C32H22ClN3. The van der Waals surface area contributed by atoms with Gasteiger partial charge in [-0.1, -0.05) is 78.3 Å². The van der Waals surface area contributed by atoms with E-state index in [-0.39, 0.29) is 0 Å². The summed E-state index contributed by atoms with van der Waals surface area (Å²) in [4.78, 5) is 9.30. The molecule has 6 aromatic rings. The van der Waals surface area contributed by atoms with Crippen molar-refractivity contribution in [2.24, 2.45) is 4.99 Å². The van der Waals surface area contributed by atoms with Crippen molar-refractivity contribution in [3.8, 4) is 28.2 Å². The molecule has 0 spiro atoms. The molecule has 3 nitrogen and oxygen atoms in total. The van der Waals surface area contributed by atoms with Gasteiger partial charge in [0.1, 0.15) is 0 Å². The number of hydrogen-bond acceptors (Lipinski definition) is 2. The normalized spacial score (nSPS) is 11.4. The van der Waals surface area contributed by atoms with E-state index in [1.54, 1.807) is 0 Å². The Morgan fingerprint density at radius 3 is 2.17 bits per heavy atom. The van der Waals surface area contributed by atoms with E-state index in [9.17, 15) is 0 Å². The smallest absolute Gasteiger partial charge is 0.0703 e. The predicted molar refractivity (Wildman–Crippen MR) is 151 cm³/mol. The molecule has 0 atom stereocenters. The maximum atomic E-state index is 6.24. The molecule has 0 bridgehead atoms. The Hall–Kier alpha value is -4.47. The molecule has 4 heteroatoms. The average Bonchev–Trinajstić information content (AvgIpc) is 3.33. The molecule has 4 aromatic carbocycles. The lowest BCUT2D eigenvalue weighted by Crippen LogP contribution is -2.00. The first-order chi connectivity index (χ1) is 17.8. The first-order valence-corrected chi connectivity index (χ1v) is 12.2. The molecule has 0 amide bonds. The first kappa shape index (κ1) is 22.0. The Morgan fingerprint density at radius 1 is 0.694 bits per heavy atom. The van der Waals surface area contributed by atoms with Gasteiger partial charge in [-0.05, 0) is 65.7 Å². The molecule has 172 valence electrons. The van der Waals surface area contributed by atoms with E-state index in [0.717, 1.165) is 50.4 Å². The fraction of sp³-hybridized carbons (Fsp3) is 0. The molecule has 0 radical (unpaired) electrons. The van der Waals surface area contributed by atoms with Crippen molar-refractivity contribution in [1.29, 1.82) is 0 Å². The van der Waals surface area contributed by atoms with E-state index in [2.05, 4.69) is 88.4 Å². The van der Waals surface area contributed by atoms with Crippen molar-refractivity contribution in [3.05, 3.63) is 138 Å². The SMILES string of the molecule is Clc1ccc(-n2c(-c3ccccc3)cc(C=Nc3ccc4ncccc4c3)c2-c2ccccc2)cc1. The second kappa shape index (κ2) is 9.65. The van der Waals surface area contributed by atoms with Gasteiger partial charge in [0.05, 0.1) is 22.6 Å². The van der Waals surface area contributed by atoms with E-state index in [1.807, 2.05) is 54.9 Å². The van der Waals surface area contributed by atoms with E-state index >= 15 is 0 Å². The summed E-state index contributed by atoms with van der Waals surface area (Å²) in [6.45, 7) is 0. The summed E-state index contributed by atoms with van der Waals surface area (Å²) in [6, 6.07) is 41.1. The summed E-state index contributed by atoms with van der Waals surface area (Å²) in [6.07, 6.45) is 3.76. The van der Waals surface area contributed by atoms with Gasteiger partial charge in [0.2, 0.25) is 0 Å². The summed E-state index contributed by atoms with van der Waals surface area (Å²) in [5.41, 5.74) is 8.30. The van der Waals surface area contributed by atoms with Crippen LogP contribution in [-0.2, 0) is 0 Å². The van der Waals surface area contributed by atoms with Gasteiger partial charge in [0, 0.05) is 34.1 Å². The Kier molecular flexibility index (Phi) is 5.90. The van der Waals surface area contributed by atoms with Gasteiger partial charge >= 0.3 is 0 Å². The molecular weight excluding hydrogens is 462 g/mol. The Morgan fingerprint density at radius 2 is 1.42 bits per heavy atom. The van der Waals surface area contributed by atoms with Crippen molar-refractivity contribution in [2.45, 2.75) is 0 Å². The number of fused-ring (bicyclic) bond motifs is 1. The zero-order chi connectivity index (χ0) is 24.3. The lowest BCUT2D eigenvalue weighted by Gasteiger charge is -2.15. The number of rotatable bonds is 5. The highest BCUT2D eigenvalue weighted by molar-refractivity contribution is 6.30. The van der Waals surface area contributed by atoms with Gasteiger partial charge in [-0.2, -0.15) is 0 Å². The number of halogens is 1. The Bertz CT molecular complexity index is 1670. The van der Waals surface area contributed by atoms with Crippen LogP contribution in [0.4, 0.5) is 5.69 Å². The highest BCUT2D eigenvalue weighted by atomic mass is 35.5. The van der Waals surface area contributed by atoms with Gasteiger partial charge in [0.15, 0.2) is 0 Å². The number of aromatic nitrogens is 2. The fourth-order valence-corrected chi connectivity index (χ4v) is 4.61. The van der Waals surface area contributed by atoms with E-state index in [1.165, 1.54) is 0 Å². The van der Waals surface area contributed by atoms with Gasteiger partial charge in [0.25, 0.3) is 0 Å². The number of benzene rings is 4. The predicted octanol–water partition coefficient (Wildman–Crippen LogP) is 8.76. The summed E-state index contributed by atoms with van der Waals surface area (Å²) in [5, 5.41) is 1.78. The van der Waals surface area contributed by atoms with E-state index < -0.39 is 0 Å². The molecule has 2 aromatic heterocycles. The third-order valence-electron chi connectivity index (χ3n) is 6.17. The molecule has 0 N–H and O–H groups in total. The standard InChI is InChI=1S/C32H22ClN3/c33-27-13-16-29(17-14-27)36-31(23-8-3-1-4-9-23)21-26(32(36)24-10-5-2-6-11-24)22-35-28-15-18-30-25(20-28)12-7-19-34-30/h1-22H. The van der Waals surface area contributed by atoms with Crippen LogP contribution in [0, 0.1) is 0 Å². The van der Waals surface area contributed by atoms with Crippen LogP contribution >= 0.6 is 11.6 Å². The molecule has 36 heavy (non-hydrogen) atoms. The number of pyridine rings is 1. The highest BCUT2D eigenvalue weighted by Gasteiger charge is 2.18. The second-order valence-electron chi connectivity index (χ2n) is 8.52. The minimum absolute atomic E-state index is 0.709. The zero-order valence-corrected chi connectivity index (χ0v) is 20.2. The average molecular weight is 484 g/mol. The van der Waals surface area contributed by atoms with Crippen LogP contribution in [0.2, 0.25) is 5.02 Å². The third kappa shape index (κ3) is 4.33. The van der Waals surface area contributed by atoms with Crippen LogP contribution in [0.15, 0.2) is 133 Å². The van der Waals surface area contributed by atoms with Crippen LogP contribution in [-0.4, -0.2) is 15.8 Å². The highest BCUT2D eigenvalue weighted by Crippen LogP contribution is 2.36. The molecule has 6 rings (SSSR count). The van der Waals surface area contributed by atoms with E-state index in [0.29, 0.717) is 5.02 Å². The first-order valence-electron chi connectivity index (χ1n) is 11.8. The van der Waals surface area contributed by atoms with Crippen LogP contribution in [0.25, 0.3) is 39.1 Å². The molecule has 2 heterocycles. The van der Waals surface area contributed by atoms with Crippen LogP contribution in [0.1, 0.15) is 5.56 Å². The third-order valence-corrected chi connectivity index (χ3v) is 6.42. The van der Waals surface area contributed by atoms with Crippen molar-refractivity contribution >= 4 is 34.4 Å². The Balaban J connectivity index is 1.57. The minimum Gasteiger partial charge on any atom is -0.309 e. The molecule has 0 saturated carbocycles. The number of nitrogens with zero attached hydrogens (tertiary/aromatic N) is 3. The van der Waals surface area contributed by atoms with Gasteiger partial charge < -0.3 is 4.57 Å². The van der Waals surface area contributed by atoms with Gasteiger partial charge in [-0.25, -0.2) is 0 Å². The molecule has 0 saturated heterocycles. The summed E-state index contributed by atoms with van der Waals surface area (Å²) in [7, 11) is 0. The quantitative estimate of drug-likeness (QED) is 0.225. The summed E-state index contributed by atoms with van der Waals surface area (Å²) in [5.74, 6) is 0. The van der Waals surface area contributed by atoms with E-state index in [4.69, 9.17) is 16.6 Å². The molecule has 0 unspecified atom stereocenters. The lowest BCUT2D eigenvalue weighted by atomic mass is 10.1. The van der Waals surface area contributed by atoms with Gasteiger partial charge in [-0.3, -0.25) is 9.98 Å². The van der Waals surface area contributed by atoms with Crippen molar-refractivity contribution in [1.82, 2.24) is 9.55 Å². The largest absolute Gasteiger partial charge is 0.309 e. The topological polar surface area (TPSA) is 30.2 Å². The van der Waals surface area contributed by atoms with Crippen LogP contribution < -0.4 is 0 Å². The summed E-state index contributed by atoms with van der Waals surface area (Å²) < 4.78 is 2.28. The number of hydrogen-bond donors (Lipinski definition) is 0. The van der Waals surface area contributed by atoms with Crippen molar-refractivity contribution in [2.75, 3.05) is 0 Å². The van der Waals surface area contributed by atoms with Crippen LogP contribution in [0.5, 0.6) is 0 Å². The van der Waals surface area contributed by atoms with Crippen LogP contribution in [0.3, 0.4) is 0 Å². The summed E-state index contributed by atoms with van der Waals surface area (Å²) >= 11 is 6.24. The second-order valence-corrected chi connectivity index (χ2v) is 8.95. The van der Waals surface area contributed by atoms with Crippen molar-refractivity contribution in [3.63, 3.8) is 0 Å². The number of aliphatic imine (C=N–C) groups is 1. The lowest BCUT2D eigenvalue weighted by molar-refractivity contribution is 1.09. The molecule has 0 aliphatic heterocycles. The van der Waals surface area contributed by atoms with Crippen molar-refractivity contribution < 1.29 is 0 Å². The minimum atomic E-state index is 0.709. The zero-order valence-electron chi connectivity index (χ0n) is 19.4. The molecule has 0 aliphatic rings. The van der Waals surface area contributed by atoms with Gasteiger partial charge in [-0.15, -0.1) is 0 Å². The maximum Gasteiger partial charge on any atom is 0.0703 e.